The molecule has 1 heteroatoms. The number of nitrogens with one attached hydrogen (secondary N) is 1. The van der Waals surface area contributed by atoms with E-state index in [0.717, 1.165) is 23.4 Å². The topological polar surface area (TPSA) is 12.0 Å². The lowest BCUT2D eigenvalue weighted by Crippen LogP contribution is -2.38. The van der Waals surface area contributed by atoms with Crippen LogP contribution in [0.1, 0.15) is 77.6 Å². The molecular formula is C16H29N. The van der Waals surface area contributed by atoms with Gasteiger partial charge in [0, 0.05) is 12.1 Å². The van der Waals surface area contributed by atoms with Gasteiger partial charge in [-0.1, -0.05) is 26.2 Å². The van der Waals surface area contributed by atoms with Crippen molar-refractivity contribution < 1.29 is 0 Å². The van der Waals surface area contributed by atoms with Crippen LogP contribution in [-0.4, -0.2) is 12.1 Å². The van der Waals surface area contributed by atoms with Crippen molar-refractivity contribution in [1.29, 1.82) is 0 Å². The van der Waals surface area contributed by atoms with Gasteiger partial charge in [-0.05, 0) is 62.7 Å². The Kier molecular flexibility index (Phi) is 3.47. The molecule has 0 radical (unpaired) electrons. The standard InChI is InChI=1S/C16H29N/c1-2-5-13-12-15(13)17-14-6-10-16(11-7-14)8-3-4-9-16/h13-15,17H,2-12H2,1H3. The summed E-state index contributed by atoms with van der Waals surface area (Å²) >= 11 is 0. The predicted molar refractivity (Wildman–Crippen MR) is 73.1 cm³/mol. The first kappa shape index (κ1) is 12.0. The van der Waals surface area contributed by atoms with E-state index in [4.69, 9.17) is 0 Å². The highest BCUT2D eigenvalue weighted by Crippen LogP contribution is 2.49. The molecule has 98 valence electrons. The Morgan fingerprint density at radius 3 is 2.41 bits per heavy atom. The Morgan fingerprint density at radius 2 is 1.76 bits per heavy atom. The summed E-state index contributed by atoms with van der Waals surface area (Å²) in [6.45, 7) is 2.32. The zero-order valence-electron chi connectivity index (χ0n) is 11.5. The molecule has 3 aliphatic rings. The molecule has 0 aromatic heterocycles. The largest absolute Gasteiger partial charge is 0.311 e. The van der Waals surface area contributed by atoms with E-state index in [-0.39, 0.29) is 0 Å². The van der Waals surface area contributed by atoms with Crippen molar-refractivity contribution in [2.75, 3.05) is 0 Å². The predicted octanol–water partition coefficient (Wildman–Crippen LogP) is 4.27. The van der Waals surface area contributed by atoms with Crippen molar-refractivity contribution in [2.24, 2.45) is 11.3 Å². The van der Waals surface area contributed by atoms with E-state index in [0.29, 0.717) is 0 Å². The maximum Gasteiger partial charge on any atom is 0.0102 e. The second kappa shape index (κ2) is 4.91. The Morgan fingerprint density at radius 1 is 1.06 bits per heavy atom. The van der Waals surface area contributed by atoms with Gasteiger partial charge < -0.3 is 5.32 Å². The van der Waals surface area contributed by atoms with Crippen molar-refractivity contribution in [3.05, 3.63) is 0 Å². The summed E-state index contributed by atoms with van der Waals surface area (Å²) in [6.07, 6.45) is 16.4. The van der Waals surface area contributed by atoms with Gasteiger partial charge in [0.05, 0.1) is 0 Å². The van der Waals surface area contributed by atoms with Crippen LogP contribution in [0.2, 0.25) is 0 Å². The molecule has 0 saturated heterocycles. The molecule has 0 aliphatic heterocycles. The molecule has 1 spiro atoms. The Bertz CT molecular complexity index is 244. The summed E-state index contributed by atoms with van der Waals surface area (Å²) in [5.41, 5.74) is 0.810. The van der Waals surface area contributed by atoms with Gasteiger partial charge in [-0.2, -0.15) is 0 Å². The molecule has 3 rings (SSSR count). The molecule has 17 heavy (non-hydrogen) atoms. The summed E-state index contributed by atoms with van der Waals surface area (Å²) in [5, 5.41) is 3.93. The second-order valence-electron chi connectivity index (χ2n) is 7.04. The van der Waals surface area contributed by atoms with E-state index < -0.39 is 0 Å². The van der Waals surface area contributed by atoms with Crippen molar-refractivity contribution in [2.45, 2.75) is 89.6 Å². The molecule has 0 bridgehead atoms. The summed E-state index contributed by atoms with van der Waals surface area (Å²) < 4.78 is 0. The third-order valence-corrected chi connectivity index (χ3v) is 5.74. The Balaban J connectivity index is 1.40. The minimum absolute atomic E-state index is 0.810. The van der Waals surface area contributed by atoms with E-state index >= 15 is 0 Å². The van der Waals surface area contributed by atoms with Crippen LogP contribution >= 0.6 is 0 Å². The first-order valence-electron chi connectivity index (χ1n) is 8.07. The van der Waals surface area contributed by atoms with Crippen LogP contribution < -0.4 is 5.32 Å². The molecule has 1 nitrogen and oxygen atoms in total. The third kappa shape index (κ3) is 2.70. The number of rotatable bonds is 4. The smallest absolute Gasteiger partial charge is 0.0102 e. The molecule has 2 atom stereocenters. The molecule has 1 N–H and O–H groups in total. The van der Waals surface area contributed by atoms with Crippen molar-refractivity contribution in [1.82, 2.24) is 5.32 Å². The lowest BCUT2D eigenvalue weighted by atomic mass is 9.71. The molecule has 0 aromatic rings. The molecule has 3 saturated carbocycles. The summed E-state index contributed by atoms with van der Waals surface area (Å²) in [4.78, 5) is 0. The van der Waals surface area contributed by atoms with Crippen LogP contribution in [0.25, 0.3) is 0 Å². The highest BCUT2D eigenvalue weighted by Gasteiger charge is 2.41. The lowest BCUT2D eigenvalue weighted by molar-refractivity contribution is 0.167. The monoisotopic (exact) mass is 235 g/mol. The summed E-state index contributed by atoms with van der Waals surface area (Å²) in [6, 6.07) is 1.77. The second-order valence-corrected chi connectivity index (χ2v) is 7.04. The average Bonchev–Trinajstić information content (AvgIpc) is 2.90. The van der Waals surface area contributed by atoms with Gasteiger partial charge in [-0.25, -0.2) is 0 Å². The summed E-state index contributed by atoms with van der Waals surface area (Å²) in [5.74, 6) is 1.03. The van der Waals surface area contributed by atoms with Crippen molar-refractivity contribution in [3.63, 3.8) is 0 Å². The minimum atomic E-state index is 0.810. The van der Waals surface area contributed by atoms with E-state index in [2.05, 4.69) is 12.2 Å². The number of hydrogen-bond acceptors (Lipinski definition) is 1. The van der Waals surface area contributed by atoms with E-state index in [1.807, 2.05) is 0 Å². The molecule has 3 fully saturated rings. The average molecular weight is 235 g/mol. The fourth-order valence-electron chi connectivity index (χ4n) is 4.47. The molecule has 2 unspecified atom stereocenters. The maximum absolute atomic E-state index is 3.93. The molecule has 0 aromatic carbocycles. The maximum atomic E-state index is 3.93. The van der Waals surface area contributed by atoms with Crippen LogP contribution in [-0.2, 0) is 0 Å². The van der Waals surface area contributed by atoms with Crippen LogP contribution in [0.15, 0.2) is 0 Å². The van der Waals surface area contributed by atoms with Crippen LogP contribution in [0.4, 0.5) is 0 Å². The molecule has 0 heterocycles. The van der Waals surface area contributed by atoms with Gasteiger partial charge in [-0.15, -0.1) is 0 Å². The normalized spacial score (nSPS) is 36.5. The highest BCUT2D eigenvalue weighted by atomic mass is 15.0. The SMILES string of the molecule is CCCC1CC1NC1CCC2(CCCC2)CC1. The van der Waals surface area contributed by atoms with Gasteiger partial charge in [0.15, 0.2) is 0 Å². The van der Waals surface area contributed by atoms with Crippen LogP contribution in [0.5, 0.6) is 0 Å². The highest BCUT2D eigenvalue weighted by molar-refractivity contribution is 4.97. The molecule has 3 aliphatic carbocycles. The minimum Gasteiger partial charge on any atom is -0.311 e. The zero-order valence-corrected chi connectivity index (χ0v) is 11.5. The Labute approximate surface area is 107 Å². The summed E-state index contributed by atoms with van der Waals surface area (Å²) in [7, 11) is 0. The van der Waals surface area contributed by atoms with E-state index in [9.17, 15) is 0 Å². The van der Waals surface area contributed by atoms with E-state index in [1.54, 1.807) is 12.8 Å². The van der Waals surface area contributed by atoms with Crippen LogP contribution in [0, 0.1) is 11.3 Å². The first-order valence-corrected chi connectivity index (χ1v) is 8.07. The van der Waals surface area contributed by atoms with Crippen LogP contribution in [0.3, 0.4) is 0 Å². The first-order chi connectivity index (χ1) is 8.31. The van der Waals surface area contributed by atoms with Gasteiger partial charge in [-0.3, -0.25) is 0 Å². The quantitative estimate of drug-likeness (QED) is 0.767. The Hall–Kier alpha value is -0.0400. The third-order valence-electron chi connectivity index (χ3n) is 5.74. The van der Waals surface area contributed by atoms with Crippen molar-refractivity contribution >= 4 is 0 Å². The van der Waals surface area contributed by atoms with Gasteiger partial charge >= 0.3 is 0 Å². The fraction of sp³-hybridized carbons (Fsp3) is 1.00. The van der Waals surface area contributed by atoms with Crippen molar-refractivity contribution in [3.8, 4) is 0 Å². The molecule has 0 amide bonds. The van der Waals surface area contributed by atoms with Gasteiger partial charge in [0.1, 0.15) is 0 Å². The zero-order chi connectivity index (χ0) is 11.7. The van der Waals surface area contributed by atoms with E-state index in [1.165, 1.54) is 57.8 Å². The molecular weight excluding hydrogens is 206 g/mol. The van der Waals surface area contributed by atoms with Gasteiger partial charge in [0.25, 0.3) is 0 Å². The number of hydrogen-bond donors (Lipinski definition) is 1. The fourth-order valence-corrected chi connectivity index (χ4v) is 4.47. The van der Waals surface area contributed by atoms with Gasteiger partial charge in [0.2, 0.25) is 0 Å². The lowest BCUT2D eigenvalue weighted by Gasteiger charge is -2.37.